The second kappa shape index (κ2) is 13.0. The lowest BCUT2D eigenvalue weighted by Gasteiger charge is -2.43. The van der Waals surface area contributed by atoms with E-state index in [0.717, 1.165) is 27.7 Å². The molecule has 15 heteroatoms. The summed E-state index contributed by atoms with van der Waals surface area (Å²) in [5.41, 5.74) is -0.125. The van der Waals surface area contributed by atoms with E-state index in [1.54, 1.807) is 6.07 Å². The zero-order valence-corrected chi connectivity index (χ0v) is 20.1. The third-order valence-corrected chi connectivity index (χ3v) is 4.40. The molecule has 37 heavy (non-hydrogen) atoms. The molecule has 1 aromatic carbocycles. The third-order valence-electron chi connectivity index (χ3n) is 4.40. The van der Waals surface area contributed by atoms with Crippen molar-refractivity contribution in [3.05, 3.63) is 30.3 Å². The Balaban J connectivity index is 2.44. The van der Waals surface area contributed by atoms with Crippen LogP contribution in [0.1, 0.15) is 27.7 Å². The molecule has 12 nitrogen and oxygen atoms in total. The van der Waals surface area contributed by atoms with Crippen LogP contribution in [-0.4, -0.2) is 73.3 Å². The molecule has 0 amide bonds. The standard InChI is InChI=1S/C22H24F3NO11/c1-11(27)31-10-16-17(32-12(2)28)18(33-13(3)29)19(34-14(4)30)20(35-16)36-37-21(22(23,24)25)26-15-8-6-5-7-9-15/h5-9,16-20H,10H2,1-4H3/t16-,17-,18+,19-,20?/m1/s1. The van der Waals surface area contributed by atoms with Gasteiger partial charge >= 0.3 is 36.0 Å². The van der Waals surface area contributed by atoms with E-state index < -0.39 is 73.3 Å². The lowest BCUT2D eigenvalue weighted by atomic mass is 9.98. The maximum Gasteiger partial charge on any atom is 0.472 e. The SMILES string of the molecule is CC(=O)OC[C@H]1OC(OOC(=Nc2ccccc2)C(F)(F)F)[C@H](OC(C)=O)[C@@H](OC(C)=O)[C@@H]1OC(C)=O. The van der Waals surface area contributed by atoms with Gasteiger partial charge in [-0.3, -0.25) is 19.2 Å². The number of hydrogen-bond donors (Lipinski definition) is 0. The summed E-state index contributed by atoms with van der Waals surface area (Å²) in [6, 6.07) is 6.97. The average molecular weight is 535 g/mol. The van der Waals surface area contributed by atoms with Crippen LogP contribution in [0, 0.1) is 0 Å². The van der Waals surface area contributed by atoms with Crippen LogP contribution < -0.4 is 0 Å². The minimum atomic E-state index is -5.13. The van der Waals surface area contributed by atoms with E-state index in [-0.39, 0.29) is 5.69 Å². The van der Waals surface area contributed by atoms with Gasteiger partial charge in [0.05, 0.1) is 5.69 Å². The van der Waals surface area contributed by atoms with Gasteiger partial charge in [0.1, 0.15) is 12.7 Å². The van der Waals surface area contributed by atoms with E-state index in [2.05, 4.69) is 9.88 Å². The highest BCUT2D eigenvalue weighted by atomic mass is 19.4. The first-order valence-corrected chi connectivity index (χ1v) is 10.6. The molecule has 5 atom stereocenters. The number of rotatable bonds is 8. The van der Waals surface area contributed by atoms with Gasteiger partial charge in [-0.15, -0.1) is 0 Å². The summed E-state index contributed by atoms with van der Waals surface area (Å²) >= 11 is 0. The smallest absolute Gasteiger partial charge is 0.463 e. The number of carbonyl (C=O) groups excluding carboxylic acids is 4. The van der Waals surface area contributed by atoms with Crippen LogP contribution in [-0.2, 0) is 52.6 Å². The average Bonchev–Trinajstić information content (AvgIpc) is 2.77. The highest BCUT2D eigenvalue weighted by molar-refractivity contribution is 5.84. The number of hydrogen-bond acceptors (Lipinski definition) is 12. The Morgan fingerprint density at radius 2 is 1.38 bits per heavy atom. The lowest BCUT2D eigenvalue weighted by Crippen LogP contribution is -2.63. The summed E-state index contributed by atoms with van der Waals surface area (Å²) in [5.74, 6) is -5.42. The van der Waals surface area contributed by atoms with Gasteiger partial charge in [0.15, 0.2) is 18.3 Å². The predicted molar refractivity (Wildman–Crippen MR) is 114 cm³/mol. The highest BCUT2D eigenvalue weighted by Crippen LogP contribution is 2.31. The van der Waals surface area contributed by atoms with E-state index >= 15 is 0 Å². The number of carbonyl (C=O) groups is 4. The molecule has 1 fully saturated rings. The maximum absolute atomic E-state index is 13.6. The van der Waals surface area contributed by atoms with E-state index in [4.69, 9.17) is 28.6 Å². The van der Waals surface area contributed by atoms with Gasteiger partial charge in [0.2, 0.25) is 6.29 Å². The van der Waals surface area contributed by atoms with Crippen LogP contribution in [0.5, 0.6) is 0 Å². The number of alkyl halides is 3. The van der Waals surface area contributed by atoms with Crippen LogP contribution >= 0.6 is 0 Å². The molecule has 0 bridgehead atoms. The minimum Gasteiger partial charge on any atom is -0.463 e. The van der Waals surface area contributed by atoms with Gasteiger partial charge in [-0.1, -0.05) is 18.2 Å². The van der Waals surface area contributed by atoms with Crippen LogP contribution in [0.2, 0.25) is 0 Å². The van der Waals surface area contributed by atoms with Gasteiger partial charge in [-0.2, -0.15) is 18.1 Å². The molecule has 1 saturated heterocycles. The van der Waals surface area contributed by atoms with Crippen molar-refractivity contribution in [3.8, 4) is 0 Å². The van der Waals surface area contributed by atoms with Crippen molar-refractivity contribution in [2.24, 2.45) is 4.99 Å². The van der Waals surface area contributed by atoms with E-state index in [1.807, 2.05) is 0 Å². The molecule has 2 rings (SSSR count). The molecule has 1 unspecified atom stereocenters. The van der Waals surface area contributed by atoms with Gasteiger partial charge in [0, 0.05) is 27.7 Å². The van der Waals surface area contributed by atoms with Crippen LogP contribution in [0.15, 0.2) is 35.3 Å². The predicted octanol–water partition coefficient (Wildman–Crippen LogP) is 2.31. The molecule has 0 radical (unpaired) electrons. The Morgan fingerprint density at radius 1 is 0.838 bits per heavy atom. The zero-order chi connectivity index (χ0) is 27.8. The zero-order valence-electron chi connectivity index (χ0n) is 20.1. The molecular weight excluding hydrogens is 511 g/mol. The number of halogens is 3. The van der Waals surface area contributed by atoms with Crippen molar-refractivity contribution < 1.29 is 65.8 Å². The Morgan fingerprint density at radius 3 is 1.89 bits per heavy atom. The van der Waals surface area contributed by atoms with Gasteiger partial charge in [-0.05, 0) is 12.1 Å². The summed E-state index contributed by atoms with van der Waals surface area (Å²) in [4.78, 5) is 59.2. The first-order chi connectivity index (χ1) is 17.3. The normalized spacial score (nSPS) is 24.0. The van der Waals surface area contributed by atoms with E-state index in [1.165, 1.54) is 24.3 Å². The fourth-order valence-corrected chi connectivity index (χ4v) is 3.11. The van der Waals surface area contributed by atoms with Crippen molar-refractivity contribution in [1.82, 2.24) is 0 Å². The minimum absolute atomic E-state index is 0.125. The molecule has 204 valence electrons. The highest BCUT2D eigenvalue weighted by Gasteiger charge is 2.54. The number of esters is 4. The first-order valence-electron chi connectivity index (χ1n) is 10.6. The van der Waals surface area contributed by atoms with E-state index in [9.17, 15) is 32.3 Å². The molecule has 1 aliphatic heterocycles. The summed E-state index contributed by atoms with van der Waals surface area (Å²) in [7, 11) is 0. The topological polar surface area (TPSA) is 145 Å². The summed E-state index contributed by atoms with van der Waals surface area (Å²) in [5, 5.41) is 0. The van der Waals surface area contributed by atoms with Crippen molar-refractivity contribution in [1.29, 1.82) is 0 Å². The third kappa shape index (κ3) is 9.34. The molecule has 0 aliphatic carbocycles. The number of benzene rings is 1. The fraction of sp³-hybridized carbons (Fsp3) is 0.500. The lowest BCUT2D eigenvalue weighted by molar-refractivity contribution is -0.398. The molecule has 1 aromatic rings. The van der Waals surface area contributed by atoms with Crippen molar-refractivity contribution in [2.75, 3.05) is 6.61 Å². The molecule has 1 heterocycles. The molecule has 0 spiro atoms. The second-order valence-electron chi connectivity index (χ2n) is 7.50. The second-order valence-corrected chi connectivity index (χ2v) is 7.50. The van der Waals surface area contributed by atoms with Gasteiger partial charge < -0.3 is 28.6 Å². The Hall–Kier alpha value is -3.72. The Labute approximate surface area is 208 Å². The quantitative estimate of drug-likeness (QED) is 0.121. The monoisotopic (exact) mass is 535 g/mol. The Bertz CT molecular complexity index is 999. The van der Waals surface area contributed by atoms with Crippen molar-refractivity contribution in [3.63, 3.8) is 0 Å². The van der Waals surface area contributed by atoms with Crippen LogP contribution in [0.3, 0.4) is 0 Å². The van der Waals surface area contributed by atoms with Crippen molar-refractivity contribution in [2.45, 2.75) is 64.6 Å². The van der Waals surface area contributed by atoms with Gasteiger partial charge in [-0.25, -0.2) is 4.99 Å². The summed E-state index contributed by atoms with van der Waals surface area (Å²) < 4.78 is 66.4. The maximum atomic E-state index is 13.6. The molecule has 1 aliphatic rings. The fourth-order valence-electron chi connectivity index (χ4n) is 3.11. The summed E-state index contributed by atoms with van der Waals surface area (Å²) in [6.45, 7) is 3.39. The van der Waals surface area contributed by atoms with Crippen LogP contribution in [0.4, 0.5) is 18.9 Å². The Kier molecular flexibility index (Phi) is 10.4. The molecule has 0 N–H and O–H groups in total. The largest absolute Gasteiger partial charge is 0.472 e. The number of aliphatic imine (C=N–C) groups is 1. The summed E-state index contributed by atoms with van der Waals surface area (Å²) in [6.07, 6.45) is -13.5. The molecular formula is C22H24F3NO11. The number of para-hydroxylation sites is 1. The van der Waals surface area contributed by atoms with Gasteiger partial charge in [0.25, 0.3) is 0 Å². The number of ether oxygens (including phenoxy) is 5. The van der Waals surface area contributed by atoms with Crippen LogP contribution in [0.25, 0.3) is 0 Å². The van der Waals surface area contributed by atoms with E-state index in [0.29, 0.717) is 0 Å². The number of nitrogens with zero attached hydrogens (tertiary/aromatic N) is 1. The molecule has 0 saturated carbocycles. The molecule has 0 aromatic heterocycles. The van der Waals surface area contributed by atoms with Crippen molar-refractivity contribution >= 4 is 35.5 Å². The first kappa shape index (κ1) is 29.5.